The molecule has 1 aliphatic rings. The van der Waals surface area contributed by atoms with Gasteiger partial charge in [0.15, 0.2) is 9.84 Å². The van der Waals surface area contributed by atoms with E-state index in [4.69, 9.17) is 4.74 Å². The van der Waals surface area contributed by atoms with Gasteiger partial charge < -0.3 is 4.74 Å². The Balaban J connectivity index is 2.25. The fourth-order valence-corrected chi connectivity index (χ4v) is 4.67. The molecule has 1 saturated heterocycles. The van der Waals surface area contributed by atoms with Crippen LogP contribution in [0.4, 0.5) is 4.79 Å². The molecule has 122 valence electrons. The lowest BCUT2D eigenvalue weighted by atomic mass is 10.0. The molecule has 1 aromatic rings. The zero-order valence-electron chi connectivity index (χ0n) is 13.0. The summed E-state index contributed by atoms with van der Waals surface area (Å²) < 4.78 is 31.6. The predicted octanol–water partition coefficient (Wildman–Crippen LogP) is 3.44. The molecule has 0 aromatic heterocycles. The van der Waals surface area contributed by atoms with E-state index >= 15 is 0 Å². The van der Waals surface area contributed by atoms with Crippen molar-refractivity contribution < 1.29 is 17.9 Å². The molecule has 22 heavy (non-hydrogen) atoms. The topological polar surface area (TPSA) is 63.7 Å². The van der Waals surface area contributed by atoms with Crippen molar-refractivity contribution in [3.63, 3.8) is 0 Å². The maximum absolute atomic E-state index is 12.8. The van der Waals surface area contributed by atoms with Gasteiger partial charge in [0, 0.05) is 16.9 Å². The number of hydrogen-bond acceptors (Lipinski definition) is 4. The van der Waals surface area contributed by atoms with Crippen LogP contribution < -0.4 is 0 Å². The first-order valence-corrected chi connectivity index (χ1v) is 9.35. The summed E-state index contributed by atoms with van der Waals surface area (Å²) in [5.74, 6) is -0.124. The van der Waals surface area contributed by atoms with Gasteiger partial charge in [-0.25, -0.2) is 13.2 Å². The van der Waals surface area contributed by atoms with Crippen molar-refractivity contribution in [2.24, 2.45) is 5.92 Å². The highest BCUT2D eigenvalue weighted by molar-refractivity contribution is 9.10. The standard InChI is InChI=1S/C15H20BrNO4S/c1-10-9-17(14(18)21-15(2,3)4)13(10)22(19,20)12-7-5-11(16)6-8-12/h5-8,10,13H,9H2,1-4H3. The maximum Gasteiger partial charge on any atom is 0.411 e. The van der Waals surface area contributed by atoms with Crippen LogP contribution in [-0.4, -0.2) is 36.9 Å². The summed E-state index contributed by atoms with van der Waals surface area (Å²) in [6, 6.07) is 6.43. The van der Waals surface area contributed by atoms with E-state index in [0.717, 1.165) is 4.47 Å². The molecule has 1 fully saturated rings. The second-order valence-electron chi connectivity index (χ2n) is 6.50. The van der Waals surface area contributed by atoms with Gasteiger partial charge in [-0.3, -0.25) is 4.90 Å². The molecule has 2 rings (SSSR count). The molecule has 0 spiro atoms. The maximum atomic E-state index is 12.8. The Kier molecular flexibility index (Phi) is 4.59. The van der Waals surface area contributed by atoms with Gasteiger partial charge in [-0.2, -0.15) is 0 Å². The van der Waals surface area contributed by atoms with Gasteiger partial charge in [0.05, 0.1) is 4.90 Å². The van der Waals surface area contributed by atoms with Gasteiger partial charge in [0.25, 0.3) is 0 Å². The highest BCUT2D eigenvalue weighted by Crippen LogP contribution is 2.34. The lowest BCUT2D eigenvalue weighted by Gasteiger charge is -2.45. The van der Waals surface area contributed by atoms with Crippen molar-refractivity contribution in [2.45, 2.75) is 43.6 Å². The monoisotopic (exact) mass is 389 g/mol. The Labute approximate surface area is 139 Å². The predicted molar refractivity (Wildman–Crippen MR) is 87.2 cm³/mol. The molecule has 2 unspecified atom stereocenters. The summed E-state index contributed by atoms with van der Waals surface area (Å²) >= 11 is 3.28. The quantitative estimate of drug-likeness (QED) is 0.776. The zero-order valence-corrected chi connectivity index (χ0v) is 15.4. The number of amides is 1. The Bertz CT molecular complexity index is 664. The van der Waals surface area contributed by atoms with Crippen molar-refractivity contribution in [2.75, 3.05) is 6.54 Å². The average Bonchev–Trinajstić information content (AvgIpc) is 2.33. The summed E-state index contributed by atoms with van der Waals surface area (Å²) in [5.41, 5.74) is -0.651. The molecule has 1 aliphatic heterocycles. The van der Waals surface area contributed by atoms with Crippen LogP contribution in [0.1, 0.15) is 27.7 Å². The van der Waals surface area contributed by atoms with E-state index in [2.05, 4.69) is 15.9 Å². The van der Waals surface area contributed by atoms with E-state index < -0.39 is 26.9 Å². The fraction of sp³-hybridized carbons (Fsp3) is 0.533. The molecule has 1 heterocycles. The molecule has 5 nitrogen and oxygen atoms in total. The first-order valence-electron chi connectivity index (χ1n) is 7.01. The number of benzene rings is 1. The number of halogens is 1. The van der Waals surface area contributed by atoms with E-state index in [9.17, 15) is 13.2 Å². The third-order valence-corrected chi connectivity index (χ3v) is 6.18. The van der Waals surface area contributed by atoms with Crippen LogP contribution >= 0.6 is 15.9 Å². The lowest BCUT2D eigenvalue weighted by Crippen LogP contribution is -2.61. The van der Waals surface area contributed by atoms with Crippen LogP contribution in [-0.2, 0) is 14.6 Å². The molecular formula is C15H20BrNO4S. The van der Waals surface area contributed by atoms with Gasteiger partial charge >= 0.3 is 6.09 Å². The highest BCUT2D eigenvalue weighted by atomic mass is 79.9. The molecule has 1 aromatic carbocycles. The number of carbonyl (C=O) groups is 1. The van der Waals surface area contributed by atoms with E-state index in [1.807, 2.05) is 6.92 Å². The van der Waals surface area contributed by atoms with Gasteiger partial charge in [0.1, 0.15) is 11.0 Å². The zero-order chi connectivity index (χ0) is 16.7. The van der Waals surface area contributed by atoms with Crippen LogP contribution in [0.15, 0.2) is 33.6 Å². The number of nitrogens with zero attached hydrogens (tertiary/aromatic N) is 1. The van der Waals surface area contributed by atoms with Gasteiger partial charge in [-0.1, -0.05) is 22.9 Å². The van der Waals surface area contributed by atoms with Crippen LogP contribution in [0, 0.1) is 5.92 Å². The molecule has 0 radical (unpaired) electrons. The third kappa shape index (κ3) is 3.46. The largest absolute Gasteiger partial charge is 0.444 e. The summed E-state index contributed by atoms with van der Waals surface area (Å²) in [7, 11) is -3.61. The molecule has 0 saturated carbocycles. The molecule has 0 aliphatic carbocycles. The Hall–Kier alpha value is -1.08. The first-order chi connectivity index (χ1) is 10.0. The van der Waals surface area contributed by atoms with E-state index in [-0.39, 0.29) is 10.8 Å². The molecule has 1 amide bonds. The normalized spacial score (nSPS) is 22.1. The summed E-state index contributed by atoms with van der Waals surface area (Å²) in [4.78, 5) is 13.7. The molecule has 0 bridgehead atoms. The number of sulfone groups is 1. The van der Waals surface area contributed by atoms with Crippen LogP contribution in [0.25, 0.3) is 0 Å². The van der Waals surface area contributed by atoms with Crippen LogP contribution in [0.3, 0.4) is 0 Å². The molecule has 0 N–H and O–H groups in total. The van der Waals surface area contributed by atoms with Gasteiger partial charge in [-0.15, -0.1) is 0 Å². The van der Waals surface area contributed by atoms with E-state index in [1.165, 1.54) is 17.0 Å². The van der Waals surface area contributed by atoms with Crippen molar-refractivity contribution in [3.8, 4) is 0 Å². The second kappa shape index (κ2) is 5.85. The summed E-state index contributed by atoms with van der Waals surface area (Å²) in [6.45, 7) is 7.47. The number of likely N-dealkylation sites (tertiary alicyclic amines) is 1. The minimum atomic E-state index is -3.61. The lowest BCUT2D eigenvalue weighted by molar-refractivity contribution is -0.00731. The Morgan fingerprint density at radius 2 is 1.82 bits per heavy atom. The number of hydrogen-bond donors (Lipinski definition) is 0. The van der Waals surface area contributed by atoms with E-state index in [1.54, 1.807) is 32.9 Å². The second-order valence-corrected chi connectivity index (χ2v) is 9.46. The summed E-state index contributed by atoms with van der Waals surface area (Å²) in [5, 5.41) is -0.872. The van der Waals surface area contributed by atoms with Crippen LogP contribution in [0.2, 0.25) is 0 Å². The average molecular weight is 390 g/mol. The fourth-order valence-electron chi connectivity index (χ4n) is 2.41. The third-order valence-electron chi connectivity index (χ3n) is 3.37. The highest BCUT2D eigenvalue weighted by Gasteiger charge is 2.49. The molecule has 2 atom stereocenters. The van der Waals surface area contributed by atoms with E-state index in [0.29, 0.717) is 6.54 Å². The molecular weight excluding hydrogens is 370 g/mol. The summed E-state index contributed by atoms with van der Waals surface area (Å²) in [6.07, 6.45) is -0.587. The van der Waals surface area contributed by atoms with Crippen molar-refractivity contribution >= 4 is 31.9 Å². The van der Waals surface area contributed by atoms with Gasteiger partial charge in [0.2, 0.25) is 0 Å². The SMILES string of the molecule is CC1CN(C(=O)OC(C)(C)C)C1S(=O)(=O)c1ccc(Br)cc1. The minimum Gasteiger partial charge on any atom is -0.444 e. The van der Waals surface area contributed by atoms with Crippen LogP contribution in [0.5, 0.6) is 0 Å². The van der Waals surface area contributed by atoms with Crippen molar-refractivity contribution in [1.29, 1.82) is 0 Å². The van der Waals surface area contributed by atoms with Crippen molar-refractivity contribution in [1.82, 2.24) is 4.90 Å². The number of carbonyl (C=O) groups excluding carboxylic acids is 1. The van der Waals surface area contributed by atoms with Crippen molar-refractivity contribution in [3.05, 3.63) is 28.7 Å². The van der Waals surface area contributed by atoms with Gasteiger partial charge in [-0.05, 0) is 45.0 Å². The Morgan fingerprint density at radius 1 is 1.27 bits per heavy atom. The number of ether oxygens (including phenoxy) is 1. The number of rotatable bonds is 2. The smallest absolute Gasteiger partial charge is 0.411 e. The first kappa shape index (κ1) is 17.3. The minimum absolute atomic E-state index is 0.124. The Morgan fingerprint density at radius 3 is 2.27 bits per heavy atom. The molecule has 7 heteroatoms.